The lowest BCUT2D eigenvalue weighted by Gasteiger charge is -2.37. The number of benzene rings is 1. The Morgan fingerprint density at radius 2 is 2.00 bits per heavy atom. The van der Waals surface area contributed by atoms with Gasteiger partial charge < -0.3 is 0 Å². The van der Waals surface area contributed by atoms with E-state index in [1.807, 2.05) is 0 Å². The third-order valence-corrected chi connectivity index (χ3v) is 5.80. The van der Waals surface area contributed by atoms with Gasteiger partial charge in [-0.1, -0.05) is 44.0 Å². The fraction of sp³-hybridized carbons (Fsp3) is 0.667. The average molecular weight is 272 g/mol. The van der Waals surface area contributed by atoms with Gasteiger partial charge >= 0.3 is 0 Å². The molecule has 20 heavy (non-hydrogen) atoms. The Kier molecular flexibility index (Phi) is 4.13. The number of nitrogens with two attached hydrogens (primary N) is 1. The van der Waals surface area contributed by atoms with E-state index >= 15 is 0 Å². The van der Waals surface area contributed by atoms with Crippen molar-refractivity contribution in [1.82, 2.24) is 5.43 Å². The van der Waals surface area contributed by atoms with Crippen LogP contribution in [0.25, 0.3) is 0 Å². The molecule has 2 aliphatic carbocycles. The minimum absolute atomic E-state index is 0.404. The summed E-state index contributed by atoms with van der Waals surface area (Å²) in [5.74, 6) is 6.62. The van der Waals surface area contributed by atoms with E-state index in [9.17, 15) is 0 Å². The van der Waals surface area contributed by atoms with E-state index in [1.54, 1.807) is 11.1 Å². The Balaban J connectivity index is 1.77. The molecule has 1 fully saturated rings. The predicted octanol–water partition coefficient (Wildman–Crippen LogP) is 3.91. The first kappa shape index (κ1) is 14.1. The molecule has 3 rings (SSSR count). The largest absolute Gasteiger partial charge is 0.271 e. The van der Waals surface area contributed by atoms with Gasteiger partial charge in [0.2, 0.25) is 0 Å². The molecule has 1 aromatic carbocycles. The minimum atomic E-state index is 0.404. The van der Waals surface area contributed by atoms with Crippen LogP contribution >= 0.6 is 0 Å². The van der Waals surface area contributed by atoms with Gasteiger partial charge in [0.1, 0.15) is 0 Å². The topological polar surface area (TPSA) is 38.0 Å². The fourth-order valence-electron chi connectivity index (χ4n) is 4.47. The van der Waals surface area contributed by atoms with Crippen molar-refractivity contribution in [2.75, 3.05) is 0 Å². The quantitative estimate of drug-likeness (QED) is 0.644. The van der Waals surface area contributed by atoms with E-state index in [0.29, 0.717) is 17.4 Å². The molecule has 2 aliphatic rings. The van der Waals surface area contributed by atoms with Crippen molar-refractivity contribution in [3.05, 3.63) is 35.4 Å². The highest BCUT2D eigenvalue weighted by Gasteiger charge is 2.38. The molecule has 0 saturated heterocycles. The lowest BCUT2D eigenvalue weighted by atomic mass is 9.72. The van der Waals surface area contributed by atoms with Crippen LogP contribution in [0.2, 0.25) is 0 Å². The van der Waals surface area contributed by atoms with Crippen LogP contribution < -0.4 is 11.3 Å². The zero-order valence-corrected chi connectivity index (χ0v) is 12.7. The van der Waals surface area contributed by atoms with Crippen LogP contribution in [0.3, 0.4) is 0 Å². The summed E-state index contributed by atoms with van der Waals surface area (Å²) in [4.78, 5) is 0. The van der Waals surface area contributed by atoms with Crippen molar-refractivity contribution >= 4 is 0 Å². The average Bonchev–Trinajstić information content (AvgIpc) is 2.92. The van der Waals surface area contributed by atoms with Crippen molar-refractivity contribution in [3.8, 4) is 0 Å². The SMILES string of the molecule is CC1(C(CC2CCCc3ccccc32)NN)CCCC1. The van der Waals surface area contributed by atoms with Gasteiger partial charge in [0.25, 0.3) is 0 Å². The number of rotatable bonds is 4. The summed E-state index contributed by atoms with van der Waals surface area (Å²) in [7, 11) is 0. The number of fused-ring (bicyclic) bond motifs is 1. The summed E-state index contributed by atoms with van der Waals surface area (Å²) >= 11 is 0. The number of hydrogen-bond donors (Lipinski definition) is 2. The predicted molar refractivity (Wildman–Crippen MR) is 84.4 cm³/mol. The van der Waals surface area contributed by atoms with E-state index in [1.165, 1.54) is 51.4 Å². The summed E-state index contributed by atoms with van der Waals surface area (Å²) < 4.78 is 0. The highest BCUT2D eigenvalue weighted by molar-refractivity contribution is 5.32. The molecule has 0 aliphatic heterocycles. The van der Waals surface area contributed by atoms with Crippen molar-refractivity contribution in [1.29, 1.82) is 0 Å². The first-order valence-corrected chi connectivity index (χ1v) is 8.27. The van der Waals surface area contributed by atoms with Crippen LogP contribution in [0.4, 0.5) is 0 Å². The second-order valence-electron chi connectivity index (χ2n) is 7.10. The molecule has 1 aromatic rings. The minimum Gasteiger partial charge on any atom is -0.271 e. The molecule has 2 heteroatoms. The fourth-order valence-corrected chi connectivity index (χ4v) is 4.47. The van der Waals surface area contributed by atoms with Crippen LogP contribution in [-0.4, -0.2) is 6.04 Å². The van der Waals surface area contributed by atoms with Gasteiger partial charge in [-0.15, -0.1) is 0 Å². The maximum absolute atomic E-state index is 5.92. The molecule has 1 saturated carbocycles. The molecular formula is C18H28N2. The highest BCUT2D eigenvalue weighted by Crippen LogP contribution is 2.44. The van der Waals surface area contributed by atoms with Gasteiger partial charge in [-0.05, 0) is 61.0 Å². The van der Waals surface area contributed by atoms with Gasteiger partial charge in [0.15, 0.2) is 0 Å². The molecule has 0 heterocycles. The molecular weight excluding hydrogens is 244 g/mol. The zero-order valence-electron chi connectivity index (χ0n) is 12.7. The molecule has 2 unspecified atom stereocenters. The first-order valence-electron chi connectivity index (χ1n) is 8.27. The summed E-state index contributed by atoms with van der Waals surface area (Å²) in [6, 6.07) is 9.48. The van der Waals surface area contributed by atoms with Gasteiger partial charge in [-0.2, -0.15) is 0 Å². The summed E-state index contributed by atoms with van der Waals surface area (Å²) in [6.07, 6.45) is 10.5. The van der Waals surface area contributed by atoms with Crippen LogP contribution in [0.1, 0.15) is 68.9 Å². The normalized spacial score (nSPS) is 26.2. The van der Waals surface area contributed by atoms with Crippen LogP contribution in [0.15, 0.2) is 24.3 Å². The molecule has 0 bridgehead atoms. The van der Waals surface area contributed by atoms with Gasteiger partial charge in [-0.3, -0.25) is 11.3 Å². The Morgan fingerprint density at radius 3 is 2.75 bits per heavy atom. The molecule has 0 spiro atoms. The Morgan fingerprint density at radius 1 is 1.25 bits per heavy atom. The Labute approximate surface area is 123 Å². The number of nitrogens with one attached hydrogen (secondary N) is 1. The van der Waals surface area contributed by atoms with E-state index in [-0.39, 0.29) is 0 Å². The van der Waals surface area contributed by atoms with Crippen LogP contribution in [0.5, 0.6) is 0 Å². The molecule has 0 aromatic heterocycles. The Hall–Kier alpha value is -0.860. The van der Waals surface area contributed by atoms with E-state index in [4.69, 9.17) is 5.84 Å². The maximum Gasteiger partial charge on any atom is 0.0270 e. The van der Waals surface area contributed by atoms with Gasteiger partial charge in [0.05, 0.1) is 0 Å². The first-order chi connectivity index (χ1) is 9.73. The van der Waals surface area contributed by atoms with Gasteiger partial charge in [-0.25, -0.2) is 0 Å². The molecule has 2 atom stereocenters. The highest BCUT2D eigenvalue weighted by atomic mass is 15.2. The summed E-state index contributed by atoms with van der Waals surface area (Å²) in [5.41, 5.74) is 6.72. The molecule has 110 valence electrons. The van der Waals surface area contributed by atoms with Crippen LogP contribution in [-0.2, 0) is 6.42 Å². The zero-order chi connectivity index (χ0) is 14.0. The molecule has 0 amide bonds. The number of hydrazine groups is 1. The smallest absolute Gasteiger partial charge is 0.0270 e. The third kappa shape index (κ3) is 2.64. The summed E-state index contributed by atoms with van der Waals surface area (Å²) in [6.45, 7) is 2.43. The van der Waals surface area contributed by atoms with Crippen molar-refractivity contribution in [3.63, 3.8) is 0 Å². The van der Waals surface area contributed by atoms with Gasteiger partial charge in [0, 0.05) is 6.04 Å². The van der Waals surface area contributed by atoms with E-state index < -0.39 is 0 Å². The maximum atomic E-state index is 5.92. The standard InChI is InChI=1S/C18H28N2/c1-18(11-4-5-12-18)17(20-19)13-15-9-6-8-14-7-2-3-10-16(14)15/h2-3,7,10,15,17,20H,4-6,8-9,11-13,19H2,1H3. The van der Waals surface area contributed by atoms with Crippen molar-refractivity contribution < 1.29 is 0 Å². The van der Waals surface area contributed by atoms with Crippen molar-refractivity contribution in [2.45, 2.75) is 70.3 Å². The lowest BCUT2D eigenvalue weighted by molar-refractivity contribution is 0.198. The molecule has 0 radical (unpaired) electrons. The third-order valence-electron chi connectivity index (χ3n) is 5.80. The second-order valence-corrected chi connectivity index (χ2v) is 7.10. The summed E-state index contributed by atoms with van der Waals surface area (Å²) in [5, 5.41) is 0. The monoisotopic (exact) mass is 272 g/mol. The van der Waals surface area contributed by atoms with Crippen molar-refractivity contribution in [2.24, 2.45) is 11.3 Å². The van der Waals surface area contributed by atoms with E-state index in [2.05, 4.69) is 36.6 Å². The van der Waals surface area contributed by atoms with Crippen LogP contribution in [0, 0.1) is 5.41 Å². The molecule has 3 N–H and O–H groups in total. The molecule has 2 nitrogen and oxygen atoms in total. The number of hydrogen-bond acceptors (Lipinski definition) is 2. The number of aryl methyl sites for hydroxylation is 1. The van der Waals surface area contributed by atoms with E-state index in [0.717, 1.165) is 0 Å². The Bertz CT molecular complexity index is 448. The lowest BCUT2D eigenvalue weighted by Crippen LogP contribution is -2.47. The second kappa shape index (κ2) is 5.87.